The molecule has 0 aliphatic heterocycles. The van der Waals surface area contributed by atoms with Crippen molar-refractivity contribution in [3.05, 3.63) is 47.1 Å². The van der Waals surface area contributed by atoms with Gasteiger partial charge in [-0.3, -0.25) is 0 Å². The number of nitrogen functional groups attached to an aromatic ring is 1. The fourth-order valence-electron chi connectivity index (χ4n) is 1.28. The fraction of sp³-hybridized carbons (Fsp3) is 0.0833. The van der Waals surface area contributed by atoms with Crippen LogP contribution < -0.4 is 10.5 Å². The predicted molar refractivity (Wildman–Crippen MR) is 64.9 cm³/mol. The van der Waals surface area contributed by atoms with E-state index in [9.17, 15) is 0 Å². The second-order valence-corrected chi connectivity index (χ2v) is 3.84. The number of halogens is 1. The Morgan fingerprint density at radius 2 is 2.12 bits per heavy atom. The molecule has 2 N–H and O–H groups in total. The summed E-state index contributed by atoms with van der Waals surface area (Å²) in [6.45, 7) is 1.96. The van der Waals surface area contributed by atoms with Crippen LogP contribution in [-0.4, -0.2) is 4.98 Å². The van der Waals surface area contributed by atoms with Crippen molar-refractivity contribution in [2.75, 3.05) is 5.73 Å². The standard InChI is InChI=1S/C12H11ClN2O/c1-8-4-5-9(13)11(7-8)16-12-10(14)3-2-6-15-12/h2-7H,14H2,1H3. The Morgan fingerprint density at radius 3 is 2.88 bits per heavy atom. The zero-order chi connectivity index (χ0) is 11.5. The summed E-state index contributed by atoms with van der Waals surface area (Å²) in [4.78, 5) is 4.04. The molecule has 16 heavy (non-hydrogen) atoms. The molecule has 0 radical (unpaired) electrons. The van der Waals surface area contributed by atoms with Gasteiger partial charge in [0, 0.05) is 6.20 Å². The summed E-state index contributed by atoms with van der Waals surface area (Å²) in [5.41, 5.74) is 7.28. The number of nitrogens with two attached hydrogens (primary N) is 1. The quantitative estimate of drug-likeness (QED) is 0.866. The summed E-state index contributed by atoms with van der Waals surface area (Å²) in [6.07, 6.45) is 1.62. The Morgan fingerprint density at radius 1 is 1.31 bits per heavy atom. The van der Waals surface area contributed by atoms with Crippen molar-refractivity contribution in [1.82, 2.24) is 4.98 Å². The second-order valence-electron chi connectivity index (χ2n) is 3.43. The lowest BCUT2D eigenvalue weighted by Gasteiger charge is -2.08. The van der Waals surface area contributed by atoms with Crippen molar-refractivity contribution in [3.8, 4) is 11.6 Å². The molecule has 0 spiro atoms. The lowest BCUT2D eigenvalue weighted by Crippen LogP contribution is -1.94. The largest absolute Gasteiger partial charge is 0.435 e. The van der Waals surface area contributed by atoms with Gasteiger partial charge in [-0.25, -0.2) is 4.98 Å². The average Bonchev–Trinajstić information content (AvgIpc) is 2.27. The molecule has 1 heterocycles. The van der Waals surface area contributed by atoms with Crippen molar-refractivity contribution in [2.24, 2.45) is 0 Å². The summed E-state index contributed by atoms with van der Waals surface area (Å²) in [7, 11) is 0. The van der Waals surface area contributed by atoms with E-state index >= 15 is 0 Å². The number of nitrogens with zero attached hydrogens (tertiary/aromatic N) is 1. The number of pyridine rings is 1. The van der Waals surface area contributed by atoms with Crippen molar-refractivity contribution in [1.29, 1.82) is 0 Å². The molecule has 0 saturated carbocycles. The van der Waals surface area contributed by atoms with Crippen molar-refractivity contribution in [3.63, 3.8) is 0 Å². The number of ether oxygens (including phenoxy) is 1. The van der Waals surface area contributed by atoms with Crippen LogP contribution in [0.3, 0.4) is 0 Å². The van der Waals surface area contributed by atoms with Gasteiger partial charge in [0.1, 0.15) is 5.75 Å². The third-order valence-electron chi connectivity index (χ3n) is 2.09. The van der Waals surface area contributed by atoms with Crippen LogP contribution in [0, 0.1) is 6.92 Å². The minimum atomic E-state index is 0.370. The highest BCUT2D eigenvalue weighted by molar-refractivity contribution is 6.32. The minimum absolute atomic E-state index is 0.370. The van der Waals surface area contributed by atoms with Gasteiger partial charge in [-0.2, -0.15) is 0 Å². The number of hydrogen-bond donors (Lipinski definition) is 1. The van der Waals surface area contributed by atoms with Crippen LogP contribution >= 0.6 is 11.6 Å². The van der Waals surface area contributed by atoms with E-state index in [1.807, 2.05) is 19.1 Å². The van der Waals surface area contributed by atoms with Crippen molar-refractivity contribution in [2.45, 2.75) is 6.92 Å². The molecule has 2 rings (SSSR count). The van der Waals surface area contributed by atoms with E-state index < -0.39 is 0 Å². The first-order valence-corrected chi connectivity index (χ1v) is 5.19. The van der Waals surface area contributed by atoms with E-state index in [0.717, 1.165) is 5.56 Å². The molecular formula is C12H11ClN2O. The lowest BCUT2D eigenvalue weighted by atomic mass is 10.2. The van der Waals surface area contributed by atoms with E-state index in [1.54, 1.807) is 24.4 Å². The van der Waals surface area contributed by atoms with Crippen LogP contribution in [-0.2, 0) is 0 Å². The molecule has 1 aromatic heterocycles. The first-order chi connectivity index (χ1) is 7.66. The first kappa shape index (κ1) is 10.8. The molecule has 0 fully saturated rings. The van der Waals surface area contributed by atoms with E-state index in [-0.39, 0.29) is 0 Å². The first-order valence-electron chi connectivity index (χ1n) is 4.81. The zero-order valence-corrected chi connectivity index (χ0v) is 9.53. The Bertz CT molecular complexity index is 514. The lowest BCUT2D eigenvalue weighted by molar-refractivity contribution is 0.465. The maximum atomic E-state index is 6.00. The van der Waals surface area contributed by atoms with Crippen LogP contribution in [0.15, 0.2) is 36.5 Å². The van der Waals surface area contributed by atoms with Gasteiger partial charge in [0.25, 0.3) is 0 Å². The molecule has 0 unspecified atom stereocenters. The average molecular weight is 235 g/mol. The Balaban J connectivity index is 2.34. The van der Waals surface area contributed by atoms with Gasteiger partial charge in [-0.15, -0.1) is 0 Å². The van der Waals surface area contributed by atoms with Gasteiger partial charge in [-0.05, 0) is 36.8 Å². The Hall–Kier alpha value is -1.74. The summed E-state index contributed by atoms with van der Waals surface area (Å²) in [5, 5.41) is 0.538. The molecule has 82 valence electrons. The fourth-order valence-corrected chi connectivity index (χ4v) is 1.44. The smallest absolute Gasteiger partial charge is 0.242 e. The maximum Gasteiger partial charge on any atom is 0.242 e. The van der Waals surface area contributed by atoms with Gasteiger partial charge in [0.05, 0.1) is 10.7 Å². The van der Waals surface area contributed by atoms with Crippen LogP contribution in [0.25, 0.3) is 0 Å². The molecule has 1 aromatic carbocycles. The molecule has 3 nitrogen and oxygen atoms in total. The molecule has 0 bridgehead atoms. The summed E-state index contributed by atoms with van der Waals surface area (Å²) in [6, 6.07) is 9.02. The van der Waals surface area contributed by atoms with Gasteiger partial charge < -0.3 is 10.5 Å². The molecule has 0 aliphatic rings. The summed E-state index contributed by atoms with van der Waals surface area (Å²) < 4.78 is 5.55. The number of anilines is 1. The zero-order valence-electron chi connectivity index (χ0n) is 8.77. The van der Waals surface area contributed by atoms with E-state index in [0.29, 0.717) is 22.3 Å². The third-order valence-corrected chi connectivity index (χ3v) is 2.41. The molecule has 0 amide bonds. The van der Waals surface area contributed by atoms with E-state index in [4.69, 9.17) is 22.1 Å². The number of rotatable bonds is 2. The van der Waals surface area contributed by atoms with Gasteiger partial charge in [0.2, 0.25) is 5.88 Å². The summed E-state index contributed by atoms with van der Waals surface area (Å²) in [5.74, 6) is 0.932. The predicted octanol–water partition coefficient (Wildman–Crippen LogP) is 3.42. The number of aryl methyl sites for hydroxylation is 1. The summed E-state index contributed by atoms with van der Waals surface area (Å²) >= 11 is 6.00. The Labute approximate surface area is 98.8 Å². The minimum Gasteiger partial charge on any atom is -0.435 e. The number of aromatic nitrogens is 1. The topological polar surface area (TPSA) is 48.1 Å². The van der Waals surface area contributed by atoms with Gasteiger partial charge in [-0.1, -0.05) is 17.7 Å². The molecule has 4 heteroatoms. The SMILES string of the molecule is Cc1ccc(Cl)c(Oc2ncccc2N)c1. The maximum absolute atomic E-state index is 6.00. The van der Waals surface area contributed by atoms with Gasteiger partial charge >= 0.3 is 0 Å². The van der Waals surface area contributed by atoms with Crippen molar-refractivity contribution >= 4 is 17.3 Å². The highest BCUT2D eigenvalue weighted by Crippen LogP contribution is 2.31. The molecular weight excluding hydrogens is 224 g/mol. The third kappa shape index (κ3) is 2.25. The second kappa shape index (κ2) is 4.41. The van der Waals surface area contributed by atoms with Crippen molar-refractivity contribution < 1.29 is 4.74 Å². The normalized spacial score (nSPS) is 10.1. The molecule has 0 saturated heterocycles. The van der Waals surface area contributed by atoms with E-state index in [2.05, 4.69) is 4.98 Å². The number of hydrogen-bond acceptors (Lipinski definition) is 3. The van der Waals surface area contributed by atoms with Crippen LogP contribution in [0.4, 0.5) is 5.69 Å². The van der Waals surface area contributed by atoms with Gasteiger partial charge in [0.15, 0.2) is 0 Å². The van der Waals surface area contributed by atoms with Crippen LogP contribution in [0.1, 0.15) is 5.56 Å². The van der Waals surface area contributed by atoms with Crippen LogP contribution in [0.5, 0.6) is 11.6 Å². The molecule has 0 atom stereocenters. The number of benzene rings is 1. The molecule has 2 aromatic rings. The van der Waals surface area contributed by atoms with E-state index in [1.165, 1.54) is 0 Å². The molecule has 0 aliphatic carbocycles. The van der Waals surface area contributed by atoms with Crippen LogP contribution in [0.2, 0.25) is 5.02 Å². The monoisotopic (exact) mass is 234 g/mol. The Kier molecular flexibility index (Phi) is 2.97. The highest BCUT2D eigenvalue weighted by Gasteiger charge is 2.06. The highest BCUT2D eigenvalue weighted by atomic mass is 35.5.